The number of phenols is 1. The van der Waals surface area contributed by atoms with Gasteiger partial charge in [0, 0.05) is 17.4 Å². The lowest BCUT2D eigenvalue weighted by molar-refractivity contribution is 0.373. The van der Waals surface area contributed by atoms with Gasteiger partial charge in [0.2, 0.25) is 0 Å². The number of aromatic hydroxyl groups is 1. The quantitative estimate of drug-likeness (QED) is 0.820. The van der Waals surface area contributed by atoms with Crippen molar-refractivity contribution in [2.45, 2.75) is 19.8 Å². The first kappa shape index (κ1) is 9.90. The molecule has 1 N–H and O–H groups in total. The topological polar surface area (TPSA) is 42.6 Å². The molecular weight excluding hydrogens is 192 g/mol. The zero-order valence-electron chi connectivity index (χ0n) is 9.07. The van der Waals surface area contributed by atoms with Crippen LogP contribution in [0, 0.1) is 0 Å². The van der Waals surface area contributed by atoms with Crippen LogP contribution in [-0.4, -0.2) is 12.2 Å². The van der Waals surface area contributed by atoms with Crippen LogP contribution in [0.2, 0.25) is 0 Å². The smallest absolute Gasteiger partial charge is 0.164 e. The van der Waals surface area contributed by atoms with Gasteiger partial charge in [-0.3, -0.25) is 0 Å². The molecule has 0 spiro atoms. The zero-order valence-corrected chi connectivity index (χ0v) is 9.07. The summed E-state index contributed by atoms with van der Waals surface area (Å²) in [5.41, 5.74) is 0.744. The Morgan fingerprint density at radius 2 is 2.00 bits per heavy atom. The Balaban J connectivity index is 2.61. The molecule has 0 amide bonds. The van der Waals surface area contributed by atoms with Crippen molar-refractivity contribution in [3.05, 3.63) is 24.0 Å². The van der Waals surface area contributed by atoms with Gasteiger partial charge in [-0.15, -0.1) is 0 Å². The van der Waals surface area contributed by atoms with Crippen LogP contribution >= 0.6 is 0 Å². The average molecular weight is 206 g/mol. The van der Waals surface area contributed by atoms with Crippen molar-refractivity contribution in [3.63, 3.8) is 0 Å². The van der Waals surface area contributed by atoms with E-state index in [1.807, 2.05) is 6.07 Å². The van der Waals surface area contributed by atoms with E-state index in [-0.39, 0.29) is 5.75 Å². The van der Waals surface area contributed by atoms with Crippen LogP contribution < -0.4 is 4.74 Å². The molecule has 0 saturated carbocycles. The fourth-order valence-electron chi connectivity index (χ4n) is 1.52. The summed E-state index contributed by atoms with van der Waals surface area (Å²) >= 11 is 0. The molecule has 1 aromatic heterocycles. The number of phenolic OH excluding ortho intramolecular Hbond substituents is 1. The number of hydrogen-bond acceptors (Lipinski definition) is 3. The highest BCUT2D eigenvalue weighted by atomic mass is 16.5. The Hall–Kier alpha value is -1.64. The van der Waals surface area contributed by atoms with E-state index in [4.69, 9.17) is 9.15 Å². The van der Waals surface area contributed by atoms with Crippen molar-refractivity contribution in [2.24, 2.45) is 0 Å². The Bertz CT molecular complexity index is 483. The molecule has 3 heteroatoms. The maximum Gasteiger partial charge on any atom is 0.164 e. The van der Waals surface area contributed by atoms with Gasteiger partial charge in [0.05, 0.1) is 7.11 Å². The Morgan fingerprint density at radius 1 is 1.27 bits per heavy atom. The molecule has 0 saturated heterocycles. The lowest BCUT2D eigenvalue weighted by Gasteiger charge is -2.01. The van der Waals surface area contributed by atoms with Gasteiger partial charge >= 0.3 is 0 Å². The van der Waals surface area contributed by atoms with Gasteiger partial charge in [0.15, 0.2) is 11.5 Å². The zero-order chi connectivity index (χ0) is 11.0. The SMILES string of the molecule is COc1cc2oc(C(C)C)cc2cc1O. The van der Waals surface area contributed by atoms with Crippen molar-refractivity contribution in [1.29, 1.82) is 0 Å². The summed E-state index contributed by atoms with van der Waals surface area (Å²) in [7, 11) is 1.52. The molecule has 0 radical (unpaired) electrons. The maximum absolute atomic E-state index is 9.59. The Labute approximate surface area is 88.3 Å². The lowest BCUT2D eigenvalue weighted by Crippen LogP contribution is -1.82. The van der Waals surface area contributed by atoms with E-state index in [1.165, 1.54) is 7.11 Å². The third kappa shape index (κ3) is 1.65. The molecule has 0 fully saturated rings. The molecule has 0 atom stereocenters. The molecular formula is C12H14O3. The van der Waals surface area contributed by atoms with Gasteiger partial charge in [-0.05, 0) is 12.1 Å². The highest BCUT2D eigenvalue weighted by Crippen LogP contribution is 2.34. The maximum atomic E-state index is 9.59. The van der Waals surface area contributed by atoms with Gasteiger partial charge in [-0.25, -0.2) is 0 Å². The van der Waals surface area contributed by atoms with Crippen LogP contribution in [0.4, 0.5) is 0 Å². The predicted octanol–water partition coefficient (Wildman–Crippen LogP) is 3.27. The normalized spacial score (nSPS) is 11.2. The second-order valence-corrected chi connectivity index (χ2v) is 3.87. The fourth-order valence-corrected chi connectivity index (χ4v) is 1.52. The lowest BCUT2D eigenvalue weighted by atomic mass is 10.1. The number of benzene rings is 1. The summed E-state index contributed by atoms with van der Waals surface area (Å²) in [6.07, 6.45) is 0. The van der Waals surface area contributed by atoms with Crippen LogP contribution in [0.3, 0.4) is 0 Å². The molecule has 80 valence electrons. The fraction of sp³-hybridized carbons (Fsp3) is 0.333. The summed E-state index contributed by atoms with van der Waals surface area (Å²) in [6.45, 7) is 4.13. The van der Waals surface area contributed by atoms with E-state index >= 15 is 0 Å². The van der Waals surface area contributed by atoms with E-state index < -0.39 is 0 Å². The van der Waals surface area contributed by atoms with Crippen molar-refractivity contribution in [2.75, 3.05) is 7.11 Å². The molecule has 0 unspecified atom stereocenters. The standard InChI is InChI=1S/C12H14O3/c1-7(2)10-5-8-4-9(13)12(14-3)6-11(8)15-10/h4-7,13H,1-3H3. The third-order valence-electron chi connectivity index (χ3n) is 2.41. The molecule has 2 rings (SSSR count). The minimum Gasteiger partial charge on any atom is -0.504 e. The van der Waals surface area contributed by atoms with Crippen LogP contribution in [0.5, 0.6) is 11.5 Å². The molecule has 0 aliphatic carbocycles. The number of fused-ring (bicyclic) bond motifs is 1. The molecule has 1 heterocycles. The summed E-state index contributed by atoms with van der Waals surface area (Å²) < 4.78 is 10.6. The third-order valence-corrected chi connectivity index (χ3v) is 2.41. The predicted molar refractivity (Wildman–Crippen MR) is 58.5 cm³/mol. The number of hydrogen-bond donors (Lipinski definition) is 1. The van der Waals surface area contributed by atoms with Crippen molar-refractivity contribution >= 4 is 11.0 Å². The molecule has 2 aromatic rings. The van der Waals surface area contributed by atoms with Crippen molar-refractivity contribution < 1.29 is 14.3 Å². The highest BCUT2D eigenvalue weighted by Gasteiger charge is 2.10. The number of rotatable bonds is 2. The monoisotopic (exact) mass is 206 g/mol. The molecule has 0 aliphatic heterocycles. The number of ether oxygens (including phenoxy) is 1. The van der Waals surface area contributed by atoms with E-state index in [0.29, 0.717) is 11.7 Å². The summed E-state index contributed by atoms with van der Waals surface area (Å²) in [6, 6.07) is 5.30. The minimum absolute atomic E-state index is 0.140. The molecule has 0 aliphatic rings. The average Bonchev–Trinajstić information content (AvgIpc) is 2.59. The summed E-state index contributed by atoms with van der Waals surface area (Å²) in [4.78, 5) is 0. The van der Waals surface area contributed by atoms with Crippen molar-refractivity contribution in [1.82, 2.24) is 0 Å². The second kappa shape index (κ2) is 3.50. The van der Waals surface area contributed by atoms with E-state index in [0.717, 1.165) is 16.7 Å². The molecule has 15 heavy (non-hydrogen) atoms. The Kier molecular flexibility index (Phi) is 2.31. The first-order valence-corrected chi connectivity index (χ1v) is 4.92. The number of methoxy groups -OCH3 is 1. The first-order chi connectivity index (χ1) is 7.11. The van der Waals surface area contributed by atoms with Crippen LogP contribution in [0.1, 0.15) is 25.5 Å². The summed E-state index contributed by atoms with van der Waals surface area (Å²) in [5.74, 6) is 1.83. The van der Waals surface area contributed by atoms with Gasteiger partial charge in [0.1, 0.15) is 11.3 Å². The van der Waals surface area contributed by atoms with E-state index in [2.05, 4.69) is 13.8 Å². The van der Waals surface area contributed by atoms with Crippen LogP contribution in [-0.2, 0) is 0 Å². The first-order valence-electron chi connectivity index (χ1n) is 4.92. The van der Waals surface area contributed by atoms with Crippen molar-refractivity contribution in [3.8, 4) is 11.5 Å². The molecule has 0 bridgehead atoms. The van der Waals surface area contributed by atoms with E-state index in [9.17, 15) is 5.11 Å². The van der Waals surface area contributed by atoms with Gasteiger partial charge in [-0.2, -0.15) is 0 Å². The van der Waals surface area contributed by atoms with Crippen LogP contribution in [0.25, 0.3) is 11.0 Å². The highest BCUT2D eigenvalue weighted by molar-refractivity contribution is 5.82. The van der Waals surface area contributed by atoms with Gasteiger partial charge in [-0.1, -0.05) is 13.8 Å². The minimum atomic E-state index is 0.140. The van der Waals surface area contributed by atoms with Crippen LogP contribution in [0.15, 0.2) is 22.6 Å². The van der Waals surface area contributed by atoms with Gasteiger partial charge in [0.25, 0.3) is 0 Å². The molecule has 1 aromatic carbocycles. The Morgan fingerprint density at radius 3 is 2.60 bits per heavy atom. The van der Waals surface area contributed by atoms with Gasteiger partial charge < -0.3 is 14.3 Å². The second-order valence-electron chi connectivity index (χ2n) is 3.87. The van der Waals surface area contributed by atoms with E-state index in [1.54, 1.807) is 12.1 Å². The molecule has 3 nitrogen and oxygen atoms in total. The number of furan rings is 1. The summed E-state index contributed by atoms with van der Waals surface area (Å²) in [5, 5.41) is 10.5. The largest absolute Gasteiger partial charge is 0.504 e.